The van der Waals surface area contributed by atoms with Crippen molar-refractivity contribution in [3.8, 4) is 0 Å². The zero-order valence-corrected chi connectivity index (χ0v) is 16.7. The molecule has 0 aliphatic carbocycles. The Labute approximate surface area is 161 Å². The molecule has 132 valence electrons. The number of nitrogens with one attached hydrogen (secondary N) is 1. The molecule has 0 aliphatic rings. The van der Waals surface area contributed by atoms with E-state index >= 15 is 0 Å². The maximum Gasteiger partial charge on any atom is 0.307 e. The Kier molecular flexibility index (Phi) is 6.58. The normalized spacial score (nSPS) is 13.1. The Balaban J connectivity index is 2.23. The largest absolute Gasteiger partial charge is 0.481 e. The minimum atomic E-state index is -0.966. The van der Waals surface area contributed by atoms with Gasteiger partial charge in [0.1, 0.15) is 0 Å². The molecule has 0 aliphatic heterocycles. The van der Waals surface area contributed by atoms with Crippen LogP contribution < -0.4 is 5.32 Å². The average molecular weight is 451 g/mol. The summed E-state index contributed by atoms with van der Waals surface area (Å²) in [5.41, 5.74) is 3.87. The van der Waals surface area contributed by atoms with E-state index in [0.717, 1.165) is 20.3 Å². The second-order valence-electron chi connectivity index (χ2n) is 6.43. The molecule has 2 rings (SSSR count). The van der Waals surface area contributed by atoms with Crippen LogP contribution >= 0.6 is 22.6 Å². The molecule has 0 saturated carbocycles. The molecule has 0 heterocycles. The lowest BCUT2D eigenvalue weighted by Crippen LogP contribution is -2.33. The van der Waals surface area contributed by atoms with Crippen LogP contribution in [0.5, 0.6) is 0 Å². The first-order chi connectivity index (χ1) is 11.8. The van der Waals surface area contributed by atoms with Gasteiger partial charge in [0.25, 0.3) is 0 Å². The highest BCUT2D eigenvalue weighted by atomic mass is 127. The fourth-order valence-corrected chi connectivity index (χ4v) is 3.24. The molecule has 0 aromatic heterocycles. The van der Waals surface area contributed by atoms with E-state index in [1.54, 1.807) is 6.92 Å². The number of anilines is 1. The quantitative estimate of drug-likeness (QED) is 0.639. The second-order valence-corrected chi connectivity index (χ2v) is 7.68. The van der Waals surface area contributed by atoms with E-state index in [4.69, 9.17) is 0 Å². The van der Waals surface area contributed by atoms with Crippen molar-refractivity contribution in [3.63, 3.8) is 0 Å². The van der Waals surface area contributed by atoms with Crippen LogP contribution in [0.4, 0.5) is 5.69 Å². The maximum atomic E-state index is 12.7. The number of hydrogen-bond donors (Lipinski definition) is 2. The van der Waals surface area contributed by atoms with Crippen LogP contribution in [0.1, 0.15) is 23.6 Å². The van der Waals surface area contributed by atoms with Gasteiger partial charge < -0.3 is 10.4 Å². The fourth-order valence-electron chi connectivity index (χ4n) is 2.88. The average Bonchev–Trinajstić information content (AvgIpc) is 2.53. The number of hydrogen-bond acceptors (Lipinski definition) is 2. The number of carboxylic acids is 1. The van der Waals surface area contributed by atoms with Crippen molar-refractivity contribution in [1.82, 2.24) is 0 Å². The van der Waals surface area contributed by atoms with Crippen molar-refractivity contribution < 1.29 is 14.7 Å². The molecule has 4 nitrogen and oxygen atoms in total. The second kappa shape index (κ2) is 8.47. The van der Waals surface area contributed by atoms with Crippen molar-refractivity contribution in [3.05, 3.63) is 62.7 Å². The van der Waals surface area contributed by atoms with E-state index in [9.17, 15) is 14.7 Å². The number of carbonyl (C=O) groups excluding carboxylic acids is 1. The van der Waals surface area contributed by atoms with E-state index in [-0.39, 0.29) is 5.91 Å². The van der Waals surface area contributed by atoms with Crippen molar-refractivity contribution in [2.75, 3.05) is 5.32 Å². The molecule has 0 unspecified atom stereocenters. The minimum Gasteiger partial charge on any atom is -0.481 e. The molecule has 5 heteroatoms. The van der Waals surface area contributed by atoms with Gasteiger partial charge in [-0.05, 0) is 72.7 Å². The van der Waals surface area contributed by atoms with E-state index in [1.807, 2.05) is 50.2 Å². The molecule has 0 saturated heterocycles. The molecular formula is C20H22INO3. The Bertz CT molecular complexity index is 751. The SMILES string of the molecule is Cc1cc(C)cc(C[C@H](C(=O)Nc2ccc(I)cc2)[C@H](C)C(=O)O)c1. The lowest BCUT2D eigenvalue weighted by atomic mass is 9.86. The fraction of sp³-hybridized carbons (Fsp3) is 0.300. The lowest BCUT2D eigenvalue weighted by molar-refractivity contribution is -0.145. The van der Waals surface area contributed by atoms with Gasteiger partial charge in [-0.3, -0.25) is 9.59 Å². The Morgan fingerprint density at radius 1 is 1.08 bits per heavy atom. The van der Waals surface area contributed by atoms with Crippen LogP contribution in [0.25, 0.3) is 0 Å². The molecule has 0 spiro atoms. The zero-order chi connectivity index (χ0) is 18.6. The van der Waals surface area contributed by atoms with Crippen molar-refractivity contribution in [2.24, 2.45) is 11.8 Å². The van der Waals surface area contributed by atoms with Gasteiger partial charge in [0.05, 0.1) is 11.8 Å². The summed E-state index contributed by atoms with van der Waals surface area (Å²) >= 11 is 2.19. The Hall–Kier alpha value is -1.89. The van der Waals surface area contributed by atoms with E-state index in [1.165, 1.54) is 0 Å². The van der Waals surface area contributed by atoms with Gasteiger partial charge in [-0.2, -0.15) is 0 Å². The molecule has 2 N–H and O–H groups in total. The first kappa shape index (κ1) is 19.4. The molecule has 0 bridgehead atoms. The predicted molar refractivity (Wildman–Crippen MR) is 108 cm³/mol. The number of benzene rings is 2. The third-order valence-electron chi connectivity index (χ3n) is 4.18. The highest BCUT2D eigenvalue weighted by Gasteiger charge is 2.30. The predicted octanol–water partition coefficient (Wildman–Crippen LogP) is 4.43. The van der Waals surface area contributed by atoms with Gasteiger partial charge in [0.15, 0.2) is 0 Å². The van der Waals surface area contributed by atoms with Crippen LogP contribution in [0.3, 0.4) is 0 Å². The van der Waals surface area contributed by atoms with Gasteiger partial charge in [-0.1, -0.05) is 36.2 Å². The van der Waals surface area contributed by atoms with Crippen molar-refractivity contribution >= 4 is 40.2 Å². The number of carboxylic acid groups (broad SMARTS) is 1. The number of amides is 1. The van der Waals surface area contributed by atoms with Crippen molar-refractivity contribution in [2.45, 2.75) is 27.2 Å². The molecule has 0 radical (unpaired) electrons. The molecule has 0 fully saturated rings. The van der Waals surface area contributed by atoms with Gasteiger partial charge in [0.2, 0.25) is 5.91 Å². The van der Waals surface area contributed by atoms with Crippen LogP contribution in [0.15, 0.2) is 42.5 Å². The molecule has 2 aromatic carbocycles. The van der Waals surface area contributed by atoms with Crippen LogP contribution in [-0.2, 0) is 16.0 Å². The van der Waals surface area contributed by atoms with Gasteiger partial charge in [-0.15, -0.1) is 0 Å². The van der Waals surface area contributed by atoms with E-state index in [0.29, 0.717) is 12.1 Å². The number of halogens is 1. The smallest absolute Gasteiger partial charge is 0.307 e. The zero-order valence-electron chi connectivity index (χ0n) is 14.5. The summed E-state index contributed by atoms with van der Waals surface area (Å²) in [7, 11) is 0. The molecule has 2 atom stereocenters. The molecule has 2 aromatic rings. The molecule has 25 heavy (non-hydrogen) atoms. The third-order valence-corrected chi connectivity index (χ3v) is 4.90. The molecular weight excluding hydrogens is 429 g/mol. The van der Waals surface area contributed by atoms with E-state index < -0.39 is 17.8 Å². The maximum absolute atomic E-state index is 12.7. The highest BCUT2D eigenvalue weighted by molar-refractivity contribution is 14.1. The topological polar surface area (TPSA) is 66.4 Å². The first-order valence-corrected chi connectivity index (χ1v) is 9.20. The summed E-state index contributed by atoms with van der Waals surface area (Å²) in [6.45, 7) is 5.58. The van der Waals surface area contributed by atoms with Crippen LogP contribution in [-0.4, -0.2) is 17.0 Å². The van der Waals surface area contributed by atoms with Crippen molar-refractivity contribution in [1.29, 1.82) is 0 Å². The third kappa shape index (κ3) is 5.56. The summed E-state index contributed by atoms with van der Waals surface area (Å²) in [5.74, 6) is -2.65. The van der Waals surface area contributed by atoms with Gasteiger partial charge >= 0.3 is 5.97 Å². The summed E-state index contributed by atoms with van der Waals surface area (Å²) in [6.07, 6.45) is 0.395. The number of carbonyl (C=O) groups is 2. The number of aryl methyl sites for hydroxylation is 2. The number of rotatable bonds is 6. The van der Waals surface area contributed by atoms with Gasteiger partial charge in [-0.25, -0.2) is 0 Å². The van der Waals surface area contributed by atoms with E-state index in [2.05, 4.69) is 34.0 Å². The van der Waals surface area contributed by atoms with Crippen LogP contribution in [0.2, 0.25) is 0 Å². The highest BCUT2D eigenvalue weighted by Crippen LogP contribution is 2.22. The summed E-state index contributed by atoms with van der Waals surface area (Å²) in [4.78, 5) is 24.2. The summed E-state index contributed by atoms with van der Waals surface area (Å²) in [6, 6.07) is 13.5. The summed E-state index contributed by atoms with van der Waals surface area (Å²) in [5, 5.41) is 12.3. The lowest BCUT2D eigenvalue weighted by Gasteiger charge is -2.21. The monoisotopic (exact) mass is 451 g/mol. The van der Waals surface area contributed by atoms with Crippen LogP contribution in [0, 0.1) is 29.3 Å². The Morgan fingerprint density at radius 2 is 1.64 bits per heavy atom. The number of aliphatic carboxylic acids is 1. The van der Waals surface area contributed by atoms with Gasteiger partial charge in [0, 0.05) is 9.26 Å². The minimum absolute atomic E-state index is 0.268. The molecule has 1 amide bonds. The first-order valence-electron chi connectivity index (χ1n) is 8.12. The summed E-state index contributed by atoms with van der Waals surface area (Å²) < 4.78 is 1.07. The Morgan fingerprint density at radius 3 is 2.16 bits per heavy atom. The standard InChI is InChI=1S/C20H22INO3/c1-12-8-13(2)10-15(9-12)11-18(14(3)20(24)25)19(23)22-17-6-4-16(21)5-7-17/h4-10,14,18H,11H2,1-3H3,(H,22,23)(H,24,25)/t14-,18-/m0/s1.